The second-order valence-electron chi connectivity index (χ2n) is 7.98. The predicted molar refractivity (Wildman–Crippen MR) is 119 cm³/mol. The molecule has 9 heteroatoms. The quantitative estimate of drug-likeness (QED) is 0.708. The minimum Gasteiger partial charge on any atom is -0.346 e. The van der Waals surface area contributed by atoms with Gasteiger partial charge in [-0.1, -0.05) is 24.6 Å². The number of sulfone groups is 1. The first kappa shape index (κ1) is 23.4. The Morgan fingerprint density at radius 1 is 0.935 bits per heavy atom. The van der Waals surface area contributed by atoms with Crippen molar-refractivity contribution in [3.63, 3.8) is 0 Å². The molecular formula is C22H28N2O5S2. The Bertz CT molecular complexity index is 1170. The summed E-state index contributed by atoms with van der Waals surface area (Å²) in [5, 5.41) is 2.87. The summed E-state index contributed by atoms with van der Waals surface area (Å²) in [5.74, 6) is -0.382. The van der Waals surface area contributed by atoms with Gasteiger partial charge in [-0.15, -0.1) is 0 Å². The van der Waals surface area contributed by atoms with Crippen LogP contribution in [0.25, 0.3) is 0 Å². The van der Waals surface area contributed by atoms with Crippen LogP contribution in [-0.4, -0.2) is 46.4 Å². The van der Waals surface area contributed by atoms with E-state index in [9.17, 15) is 21.6 Å². The van der Waals surface area contributed by atoms with Gasteiger partial charge < -0.3 is 5.32 Å². The average molecular weight is 465 g/mol. The summed E-state index contributed by atoms with van der Waals surface area (Å²) < 4.78 is 50.7. The lowest BCUT2D eigenvalue weighted by molar-refractivity contribution is 0.0939. The van der Waals surface area contributed by atoms with Crippen LogP contribution in [0.15, 0.2) is 52.3 Å². The number of nitrogens with one attached hydrogen (secondary N) is 1. The van der Waals surface area contributed by atoms with Crippen LogP contribution in [0.2, 0.25) is 0 Å². The third-order valence-corrected chi connectivity index (χ3v) is 8.59. The number of amides is 1. The fourth-order valence-corrected chi connectivity index (χ4v) is 5.80. The largest absolute Gasteiger partial charge is 0.346 e. The number of sulfonamides is 1. The first-order chi connectivity index (χ1) is 14.5. The van der Waals surface area contributed by atoms with Crippen molar-refractivity contribution in [3.8, 4) is 0 Å². The van der Waals surface area contributed by atoms with Crippen LogP contribution in [0.5, 0.6) is 0 Å². The Kier molecular flexibility index (Phi) is 6.88. The third-order valence-electron chi connectivity index (χ3n) is 5.56. The van der Waals surface area contributed by atoms with Crippen LogP contribution in [0.1, 0.15) is 53.7 Å². The molecule has 2 aromatic rings. The molecule has 2 aromatic carbocycles. The third kappa shape index (κ3) is 5.34. The number of hydrogen-bond donors (Lipinski definition) is 1. The van der Waals surface area contributed by atoms with Crippen LogP contribution in [0, 0.1) is 6.92 Å². The molecule has 0 saturated carbocycles. The van der Waals surface area contributed by atoms with Gasteiger partial charge in [-0.05, 0) is 62.1 Å². The van der Waals surface area contributed by atoms with Crippen molar-refractivity contribution in [2.45, 2.75) is 48.9 Å². The highest BCUT2D eigenvalue weighted by Gasteiger charge is 2.27. The molecular weight excluding hydrogens is 436 g/mol. The maximum Gasteiger partial charge on any atom is 0.252 e. The zero-order valence-electron chi connectivity index (χ0n) is 18.0. The molecule has 0 unspecified atom stereocenters. The Morgan fingerprint density at radius 2 is 1.52 bits per heavy atom. The molecule has 1 fully saturated rings. The molecule has 168 valence electrons. The molecule has 31 heavy (non-hydrogen) atoms. The van der Waals surface area contributed by atoms with Crippen LogP contribution < -0.4 is 5.32 Å². The highest BCUT2D eigenvalue weighted by Crippen LogP contribution is 2.24. The normalized spacial score (nSPS) is 16.6. The van der Waals surface area contributed by atoms with E-state index in [1.807, 2.05) is 0 Å². The molecule has 0 aliphatic carbocycles. The molecule has 1 aliphatic rings. The van der Waals surface area contributed by atoms with Crippen LogP contribution in [-0.2, 0) is 19.9 Å². The second kappa shape index (κ2) is 9.10. The summed E-state index contributed by atoms with van der Waals surface area (Å²) >= 11 is 0. The first-order valence-electron chi connectivity index (χ1n) is 10.2. The lowest BCUT2D eigenvalue weighted by atomic mass is 10.1. The molecule has 0 aromatic heterocycles. The predicted octanol–water partition coefficient (Wildman–Crippen LogP) is 3.06. The SMILES string of the molecule is Cc1ccc(S(=O)(=O)N2CCCCC2)cc1C(=O)N[C@@H](C)c1ccc(S(C)(=O)=O)cc1. The molecule has 1 N–H and O–H groups in total. The molecule has 1 saturated heterocycles. The molecule has 3 rings (SSSR count). The average Bonchev–Trinajstić information content (AvgIpc) is 2.74. The van der Waals surface area contributed by atoms with E-state index >= 15 is 0 Å². The number of aryl methyl sites for hydroxylation is 1. The number of nitrogens with zero attached hydrogens (tertiary/aromatic N) is 1. The zero-order chi connectivity index (χ0) is 22.8. The van der Waals surface area contributed by atoms with E-state index < -0.39 is 19.9 Å². The highest BCUT2D eigenvalue weighted by atomic mass is 32.2. The van der Waals surface area contributed by atoms with Crippen LogP contribution in [0.4, 0.5) is 0 Å². The van der Waals surface area contributed by atoms with Gasteiger partial charge in [-0.25, -0.2) is 16.8 Å². The maximum atomic E-state index is 13.0. The number of benzene rings is 2. The van der Waals surface area contributed by atoms with E-state index in [0.29, 0.717) is 24.2 Å². The lowest BCUT2D eigenvalue weighted by Crippen LogP contribution is -2.35. The number of carbonyl (C=O) groups is 1. The standard InChI is InChI=1S/C22H28N2O5S2/c1-16-7-10-20(31(28,29)24-13-5-4-6-14-24)15-21(16)22(25)23-17(2)18-8-11-19(12-9-18)30(3,26)27/h7-12,15,17H,4-6,13-14H2,1-3H3,(H,23,25)/t17-/m0/s1. The van der Waals surface area contributed by atoms with Gasteiger partial charge in [0.25, 0.3) is 5.91 Å². The summed E-state index contributed by atoms with van der Waals surface area (Å²) in [6.07, 6.45) is 3.85. The van der Waals surface area contributed by atoms with Gasteiger partial charge in [-0.3, -0.25) is 4.79 Å². The number of carbonyl (C=O) groups excluding carboxylic acids is 1. The van der Waals surface area contributed by atoms with Crippen molar-refractivity contribution in [3.05, 3.63) is 59.2 Å². The topological polar surface area (TPSA) is 101 Å². The summed E-state index contributed by atoms with van der Waals surface area (Å²) in [5.41, 5.74) is 1.72. The van der Waals surface area contributed by atoms with Crippen molar-refractivity contribution < 1.29 is 21.6 Å². The van der Waals surface area contributed by atoms with Gasteiger partial charge in [-0.2, -0.15) is 4.31 Å². The Hall–Kier alpha value is -2.23. The molecule has 0 spiro atoms. The summed E-state index contributed by atoms with van der Waals surface area (Å²) in [6.45, 7) is 4.55. The van der Waals surface area contributed by atoms with Crippen molar-refractivity contribution in [2.75, 3.05) is 19.3 Å². The van der Waals surface area contributed by atoms with E-state index in [0.717, 1.165) is 31.1 Å². The first-order valence-corrected chi connectivity index (χ1v) is 13.5. The molecule has 1 aliphatic heterocycles. The van der Waals surface area contributed by atoms with Crippen LogP contribution in [0.3, 0.4) is 0 Å². The Morgan fingerprint density at radius 3 is 2.10 bits per heavy atom. The summed E-state index contributed by atoms with van der Waals surface area (Å²) in [7, 11) is -6.93. The minimum absolute atomic E-state index is 0.121. The smallest absolute Gasteiger partial charge is 0.252 e. The number of rotatable bonds is 6. The fourth-order valence-electron chi connectivity index (χ4n) is 3.62. The number of hydrogen-bond acceptors (Lipinski definition) is 5. The lowest BCUT2D eigenvalue weighted by Gasteiger charge is -2.26. The van der Waals surface area contributed by atoms with Crippen LogP contribution >= 0.6 is 0 Å². The van der Waals surface area contributed by atoms with E-state index in [4.69, 9.17) is 0 Å². The summed E-state index contributed by atoms with van der Waals surface area (Å²) in [6, 6.07) is 10.6. The molecule has 1 amide bonds. The Balaban J connectivity index is 1.80. The van der Waals surface area contributed by atoms with Gasteiger partial charge in [0.1, 0.15) is 0 Å². The fraction of sp³-hybridized carbons (Fsp3) is 0.409. The van der Waals surface area contributed by atoms with Crippen molar-refractivity contribution in [1.29, 1.82) is 0 Å². The van der Waals surface area contributed by atoms with Gasteiger partial charge >= 0.3 is 0 Å². The van der Waals surface area contributed by atoms with Crippen molar-refractivity contribution in [2.24, 2.45) is 0 Å². The van der Waals surface area contributed by atoms with E-state index in [1.54, 1.807) is 38.1 Å². The van der Waals surface area contributed by atoms with Crippen molar-refractivity contribution in [1.82, 2.24) is 9.62 Å². The van der Waals surface area contributed by atoms with Gasteiger partial charge in [0.05, 0.1) is 15.8 Å². The van der Waals surface area contributed by atoms with E-state index in [2.05, 4.69) is 5.32 Å². The highest BCUT2D eigenvalue weighted by molar-refractivity contribution is 7.90. The molecule has 0 bridgehead atoms. The minimum atomic E-state index is -3.64. The second-order valence-corrected chi connectivity index (χ2v) is 11.9. The van der Waals surface area contributed by atoms with Gasteiger partial charge in [0.2, 0.25) is 10.0 Å². The Labute approximate surface area is 184 Å². The maximum absolute atomic E-state index is 13.0. The van der Waals surface area contributed by atoms with E-state index in [-0.39, 0.29) is 21.7 Å². The summed E-state index contributed by atoms with van der Waals surface area (Å²) in [4.78, 5) is 13.2. The van der Waals surface area contributed by atoms with Crippen molar-refractivity contribution >= 4 is 25.8 Å². The monoisotopic (exact) mass is 464 g/mol. The molecule has 0 radical (unpaired) electrons. The van der Waals surface area contributed by atoms with Gasteiger partial charge in [0, 0.05) is 24.9 Å². The molecule has 1 atom stereocenters. The molecule has 7 nitrogen and oxygen atoms in total. The zero-order valence-corrected chi connectivity index (χ0v) is 19.6. The number of piperidine rings is 1. The molecule has 1 heterocycles. The van der Waals surface area contributed by atoms with Gasteiger partial charge in [0.15, 0.2) is 9.84 Å². The van der Waals surface area contributed by atoms with E-state index in [1.165, 1.54) is 22.5 Å².